The van der Waals surface area contributed by atoms with Crippen molar-refractivity contribution in [3.05, 3.63) is 65.5 Å². The Kier molecular flexibility index (Phi) is 6.14. The SMILES string of the molecule is O=C(O)Cc1ccc(CN(Cc2ccncc2)CC2CCCO2)cc1. The van der Waals surface area contributed by atoms with Crippen molar-refractivity contribution >= 4 is 5.97 Å². The molecule has 0 spiro atoms. The molecule has 132 valence electrons. The van der Waals surface area contributed by atoms with Crippen LogP contribution in [-0.4, -0.2) is 40.2 Å². The van der Waals surface area contributed by atoms with E-state index in [0.717, 1.165) is 44.6 Å². The van der Waals surface area contributed by atoms with Gasteiger partial charge in [0.1, 0.15) is 0 Å². The topological polar surface area (TPSA) is 62.7 Å². The number of carboxylic acids is 1. The molecule has 1 N–H and O–H groups in total. The van der Waals surface area contributed by atoms with Gasteiger partial charge in [-0.2, -0.15) is 0 Å². The Morgan fingerprint density at radius 2 is 1.72 bits per heavy atom. The van der Waals surface area contributed by atoms with Crippen LogP contribution in [0.2, 0.25) is 0 Å². The third kappa shape index (κ3) is 5.66. The molecule has 1 atom stereocenters. The molecule has 3 rings (SSSR count). The Labute approximate surface area is 148 Å². The van der Waals surface area contributed by atoms with Crippen LogP contribution in [0.25, 0.3) is 0 Å². The lowest BCUT2D eigenvalue weighted by Gasteiger charge is -2.25. The number of rotatable bonds is 8. The summed E-state index contributed by atoms with van der Waals surface area (Å²) in [5.74, 6) is -0.801. The maximum atomic E-state index is 10.8. The summed E-state index contributed by atoms with van der Waals surface area (Å²) in [5, 5.41) is 8.88. The first-order chi connectivity index (χ1) is 12.2. The van der Waals surface area contributed by atoms with Gasteiger partial charge in [0.05, 0.1) is 12.5 Å². The van der Waals surface area contributed by atoms with Crippen LogP contribution in [0.5, 0.6) is 0 Å². The predicted molar refractivity (Wildman–Crippen MR) is 95.1 cm³/mol. The fraction of sp³-hybridized carbons (Fsp3) is 0.400. The monoisotopic (exact) mass is 340 g/mol. The highest BCUT2D eigenvalue weighted by Gasteiger charge is 2.19. The zero-order chi connectivity index (χ0) is 17.5. The van der Waals surface area contributed by atoms with Crippen LogP contribution in [0.1, 0.15) is 29.5 Å². The van der Waals surface area contributed by atoms with Crippen molar-refractivity contribution in [1.29, 1.82) is 0 Å². The number of carbonyl (C=O) groups is 1. The molecule has 0 saturated carbocycles. The summed E-state index contributed by atoms with van der Waals surface area (Å²) in [6, 6.07) is 11.9. The molecule has 1 aromatic heterocycles. The van der Waals surface area contributed by atoms with Gasteiger partial charge in [-0.1, -0.05) is 24.3 Å². The minimum absolute atomic E-state index is 0.0664. The first-order valence-corrected chi connectivity index (χ1v) is 8.71. The molecule has 0 bridgehead atoms. The molecule has 0 aliphatic carbocycles. The van der Waals surface area contributed by atoms with Gasteiger partial charge >= 0.3 is 5.97 Å². The van der Waals surface area contributed by atoms with E-state index in [0.29, 0.717) is 6.10 Å². The van der Waals surface area contributed by atoms with E-state index >= 15 is 0 Å². The Hall–Kier alpha value is -2.24. The summed E-state index contributed by atoms with van der Waals surface area (Å²) in [6.45, 7) is 3.42. The fourth-order valence-corrected chi connectivity index (χ4v) is 3.20. The third-order valence-electron chi connectivity index (χ3n) is 4.43. The molecule has 1 aromatic carbocycles. The normalized spacial score (nSPS) is 17.1. The maximum absolute atomic E-state index is 10.8. The molecule has 0 radical (unpaired) electrons. The van der Waals surface area contributed by atoms with E-state index in [-0.39, 0.29) is 6.42 Å². The van der Waals surface area contributed by atoms with Crippen LogP contribution in [0.3, 0.4) is 0 Å². The first-order valence-electron chi connectivity index (χ1n) is 8.71. The van der Waals surface area contributed by atoms with Crippen molar-refractivity contribution in [2.24, 2.45) is 0 Å². The number of aliphatic carboxylic acids is 1. The van der Waals surface area contributed by atoms with Crippen LogP contribution in [0, 0.1) is 0 Å². The number of carboxylic acid groups (broad SMARTS) is 1. The third-order valence-corrected chi connectivity index (χ3v) is 4.43. The molecule has 5 nitrogen and oxygen atoms in total. The smallest absolute Gasteiger partial charge is 0.307 e. The van der Waals surface area contributed by atoms with Gasteiger partial charge < -0.3 is 9.84 Å². The van der Waals surface area contributed by atoms with Crippen molar-refractivity contribution in [3.8, 4) is 0 Å². The number of nitrogens with zero attached hydrogens (tertiary/aromatic N) is 2. The number of hydrogen-bond acceptors (Lipinski definition) is 4. The first kappa shape index (κ1) is 17.6. The fourth-order valence-electron chi connectivity index (χ4n) is 3.20. The second kappa shape index (κ2) is 8.74. The van der Waals surface area contributed by atoms with Crippen LogP contribution < -0.4 is 0 Å². The lowest BCUT2D eigenvalue weighted by atomic mass is 10.1. The highest BCUT2D eigenvalue weighted by Crippen LogP contribution is 2.17. The maximum Gasteiger partial charge on any atom is 0.307 e. The molecule has 1 aliphatic rings. The van der Waals surface area contributed by atoms with Gasteiger partial charge in [-0.25, -0.2) is 0 Å². The van der Waals surface area contributed by atoms with Gasteiger partial charge in [-0.15, -0.1) is 0 Å². The lowest BCUT2D eigenvalue weighted by Crippen LogP contribution is -2.31. The van der Waals surface area contributed by atoms with E-state index in [2.05, 4.69) is 9.88 Å². The zero-order valence-corrected chi connectivity index (χ0v) is 14.3. The highest BCUT2D eigenvalue weighted by atomic mass is 16.5. The number of ether oxygens (including phenoxy) is 1. The highest BCUT2D eigenvalue weighted by molar-refractivity contribution is 5.70. The van der Waals surface area contributed by atoms with E-state index in [1.807, 2.05) is 48.8 Å². The average molecular weight is 340 g/mol. The quantitative estimate of drug-likeness (QED) is 0.800. The van der Waals surface area contributed by atoms with Gasteiger partial charge in [-0.05, 0) is 41.7 Å². The second-order valence-electron chi connectivity index (χ2n) is 6.55. The van der Waals surface area contributed by atoms with Crippen molar-refractivity contribution in [1.82, 2.24) is 9.88 Å². The Morgan fingerprint density at radius 1 is 1.08 bits per heavy atom. The minimum Gasteiger partial charge on any atom is -0.481 e. The molecule has 5 heteroatoms. The lowest BCUT2D eigenvalue weighted by molar-refractivity contribution is -0.136. The number of aromatic nitrogens is 1. The largest absolute Gasteiger partial charge is 0.481 e. The summed E-state index contributed by atoms with van der Waals surface area (Å²) in [4.78, 5) is 17.3. The van der Waals surface area contributed by atoms with Crippen LogP contribution in [-0.2, 0) is 29.0 Å². The van der Waals surface area contributed by atoms with Crippen molar-refractivity contribution < 1.29 is 14.6 Å². The van der Waals surface area contributed by atoms with Gasteiger partial charge in [0.2, 0.25) is 0 Å². The van der Waals surface area contributed by atoms with Crippen molar-refractivity contribution in [3.63, 3.8) is 0 Å². The molecule has 1 aliphatic heterocycles. The van der Waals surface area contributed by atoms with Gasteiger partial charge in [0.25, 0.3) is 0 Å². The van der Waals surface area contributed by atoms with Gasteiger partial charge in [0.15, 0.2) is 0 Å². The Bertz CT molecular complexity index is 667. The Balaban J connectivity index is 1.66. The van der Waals surface area contributed by atoms with Crippen LogP contribution in [0.15, 0.2) is 48.8 Å². The van der Waals surface area contributed by atoms with Gasteiger partial charge in [-0.3, -0.25) is 14.7 Å². The predicted octanol–water partition coefficient (Wildman–Crippen LogP) is 2.89. The summed E-state index contributed by atoms with van der Waals surface area (Å²) in [7, 11) is 0. The molecule has 0 amide bonds. The molecule has 2 aromatic rings. The molecule has 1 unspecified atom stereocenters. The zero-order valence-electron chi connectivity index (χ0n) is 14.3. The number of pyridine rings is 1. The van der Waals surface area contributed by atoms with E-state index in [1.165, 1.54) is 11.1 Å². The van der Waals surface area contributed by atoms with E-state index in [1.54, 1.807) is 0 Å². The summed E-state index contributed by atoms with van der Waals surface area (Å²) in [5.41, 5.74) is 3.24. The average Bonchev–Trinajstić information content (AvgIpc) is 3.10. The van der Waals surface area contributed by atoms with Gasteiger partial charge in [0, 0.05) is 38.6 Å². The molecule has 2 heterocycles. The molecular formula is C20H24N2O3. The van der Waals surface area contributed by atoms with Crippen molar-refractivity contribution in [2.75, 3.05) is 13.2 Å². The van der Waals surface area contributed by atoms with E-state index in [9.17, 15) is 4.79 Å². The number of hydrogen-bond donors (Lipinski definition) is 1. The summed E-state index contributed by atoms with van der Waals surface area (Å²) < 4.78 is 5.80. The molecule has 1 fully saturated rings. The Morgan fingerprint density at radius 3 is 2.32 bits per heavy atom. The van der Waals surface area contributed by atoms with Crippen molar-refractivity contribution in [2.45, 2.75) is 38.5 Å². The minimum atomic E-state index is -0.801. The summed E-state index contributed by atoms with van der Waals surface area (Å²) in [6.07, 6.45) is 6.26. The molecule has 1 saturated heterocycles. The van der Waals surface area contributed by atoms with Crippen LogP contribution in [0.4, 0.5) is 0 Å². The molecule has 25 heavy (non-hydrogen) atoms. The van der Waals surface area contributed by atoms with E-state index < -0.39 is 5.97 Å². The van der Waals surface area contributed by atoms with E-state index in [4.69, 9.17) is 9.84 Å². The summed E-state index contributed by atoms with van der Waals surface area (Å²) >= 11 is 0. The standard InChI is InChI=1S/C20H24N2O3/c23-20(24)12-16-3-5-17(6-4-16)13-22(15-19-2-1-11-25-19)14-18-7-9-21-10-8-18/h3-10,19H,1-2,11-15H2,(H,23,24). The van der Waals surface area contributed by atoms with Crippen LogP contribution >= 0.6 is 0 Å². The number of benzene rings is 1. The second-order valence-corrected chi connectivity index (χ2v) is 6.55. The molecular weight excluding hydrogens is 316 g/mol.